The molecule has 0 aromatic heterocycles. The predicted molar refractivity (Wildman–Crippen MR) is 76.4 cm³/mol. The standard InChI is InChI=1S/C15H18N2O4/c1-9(18)17-13-5-4-10(20-2)8-12(13)11-6-7-16(14(11)17)15(19)21-3/h4-5,8,11,14H,6-7H2,1-3H3. The number of methoxy groups -OCH3 is 2. The van der Waals surface area contributed by atoms with Gasteiger partial charge in [0.2, 0.25) is 5.91 Å². The molecule has 0 aliphatic carbocycles. The molecular weight excluding hydrogens is 272 g/mol. The van der Waals surface area contributed by atoms with Gasteiger partial charge in [-0.25, -0.2) is 4.79 Å². The fourth-order valence-corrected chi connectivity index (χ4v) is 3.40. The molecule has 0 spiro atoms. The van der Waals surface area contributed by atoms with Crippen molar-refractivity contribution in [2.75, 3.05) is 25.7 Å². The highest BCUT2D eigenvalue weighted by Gasteiger charge is 2.49. The predicted octanol–water partition coefficient (Wildman–Crippen LogP) is 1.94. The summed E-state index contributed by atoms with van der Waals surface area (Å²) in [6.07, 6.45) is 0.120. The molecule has 112 valence electrons. The quantitative estimate of drug-likeness (QED) is 0.793. The molecule has 2 aliphatic rings. The van der Waals surface area contributed by atoms with E-state index in [1.54, 1.807) is 16.9 Å². The summed E-state index contributed by atoms with van der Waals surface area (Å²) in [6, 6.07) is 5.67. The molecule has 3 rings (SSSR count). The van der Waals surface area contributed by atoms with Crippen LogP contribution in [-0.4, -0.2) is 43.8 Å². The van der Waals surface area contributed by atoms with E-state index in [0.29, 0.717) is 6.54 Å². The highest BCUT2D eigenvalue weighted by Crippen LogP contribution is 2.48. The zero-order chi connectivity index (χ0) is 15.1. The Hall–Kier alpha value is -2.24. The van der Waals surface area contributed by atoms with Crippen LogP contribution < -0.4 is 9.64 Å². The molecule has 6 nitrogen and oxygen atoms in total. The Bertz CT molecular complexity index is 601. The van der Waals surface area contributed by atoms with E-state index in [4.69, 9.17) is 9.47 Å². The molecule has 1 aromatic rings. The summed E-state index contributed by atoms with van der Waals surface area (Å²) < 4.78 is 10.1. The van der Waals surface area contributed by atoms with Crippen molar-refractivity contribution in [3.63, 3.8) is 0 Å². The molecule has 0 bridgehead atoms. The Kier molecular flexibility index (Phi) is 3.23. The highest BCUT2D eigenvalue weighted by molar-refractivity contribution is 5.96. The minimum absolute atomic E-state index is 0.0790. The van der Waals surface area contributed by atoms with Crippen molar-refractivity contribution in [1.82, 2.24) is 4.90 Å². The first-order chi connectivity index (χ1) is 10.1. The number of rotatable bonds is 1. The lowest BCUT2D eigenvalue weighted by atomic mass is 9.98. The normalized spacial score (nSPS) is 22.8. The van der Waals surface area contributed by atoms with Crippen LogP contribution in [0.4, 0.5) is 10.5 Å². The Morgan fingerprint density at radius 2 is 2.05 bits per heavy atom. The number of amides is 2. The van der Waals surface area contributed by atoms with Gasteiger partial charge in [-0.3, -0.25) is 14.6 Å². The van der Waals surface area contributed by atoms with Gasteiger partial charge < -0.3 is 9.47 Å². The molecule has 2 unspecified atom stereocenters. The van der Waals surface area contributed by atoms with E-state index in [1.165, 1.54) is 14.0 Å². The maximum absolute atomic E-state index is 12.1. The monoisotopic (exact) mass is 290 g/mol. The minimum Gasteiger partial charge on any atom is -0.497 e. The summed E-state index contributed by atoms with van der Waals surface area (Å²) in [6.45, 7) is 2.10. The van der Waals surface area contributed by atoms with Crippen molar-refractivity contribution < 1.29 is 19.1 Å². The van der Waals surface area contributed by atoms with Gasteiger partial charge in [-0.05, 0) is 30.2 Å². The van der Waals surface area contributed by atoms with E-state index in [1.807, 2.05) is 18.2 Å². The van der Waals surface area contributed by atoms with Crippen LogP contribution in [0, 0.1) is 0 Å². The summed E-state index contributed by atoms with van der Waals surface area (Å²) in [5.41, 5.74) is 1.91. The summed E-state index contributed by atoms with van der Waals surface area (Å²) in [7, 11) is 2.98. The zero-order valence-electron chi connectivity index (χ0n) is 12.3. The molecule has 1 aromatic carbocycles. The van der Waals surface area contributed by atoms with Gasteiger partial charge in [0, 0.05) is 25.1 Å². The van der Waals surface area contributed by atoms with Crippen LogP contribution in [-0.2, 0) is 9.53 Å². The molecule has 21 heavy (non-hydrogen) atoms. The number of likely N-dealkylation sites (tertiary alicyclic amines) is 1. The topological polar surface area (TPSA) is 59.1 Å². The highest BCUT2D eigenvalue weighted by atomic mass is 16.5. The maximum atomic E-state index is 12.1. The number of benzene rings is 1. The Labute approximate surface area is 123 Å². The van der Waals surface area contributed by atoms with Crippen molar-refractivity contribution in [3.8, 4) is 5.75 Å². The van der Waals surface area contributed by atoms with Gasteiger partial charge in [0.1, 0.15) is 11.9 Å². The van der Waals surface area contributed by atoms with Crippen molar-refractivity contribution >= 4 is 17.7 Å². The average molecular weight is 290 g/mol. The lowest BCUT2D eigenvalue weighted by Crippen LogP contribution is -2.48. The Morgan fingerprint density at radius 3 is 2.67 bits per heavy atom. The first-order valence-corrected chi connectivity index (χ1v) is 6.90. The number of anilines is 1. The number of hydrogen-bond acceptors (Lipinski definition) is 4. The van der Waals surface area contributed by atoms with Crippen LogP contribution in [0.25, 0.3) is 0 Å². The number of fused-ring (bicyclic) bond motifs is 3. The second-order valence-corrected chi connectivity index (χ2v) is 5.29. The molecule has 1 fully saturated rings. The molecular formula is C15H18N2O4. The van der Waals surface area contributed by atoms with Crippen LogP contribution in [0.1, 0.15) is 24.8 Å². The number of nitrogens with zero attached hydrogens (tertiary/aromatic N) is 2. The van der Waals surface area contributed by atoms with Crippen LogP contribution in [0.2, 0.25) is 0 Å². The molecule has 0 saturated carbocycles. The van der Waals surface area contributed by atoms with E-state index in [-0.39, 0.29) is 18.0 Å². The summed E-state index contributed by atoms with van der Waals surface area (Å²) in [5, 5.41) is 0. The van der Waals surface area contributed by atoms with E-state index >= 15 is 0 Å². The van der Waals surface area contributed by atoms with Gasteiger partial charge >= 0.3 is 6.09 Å². The molecule has 2 heterocycles. The van der Waals surface area contributed by atoms with E-state index in [2.05, 4.69) is 0 Å². The van der Waals surface area contributed by atoms with E-state index in [0.717, 1.165) is 23.4 Å². The average Bonchev–Trinajstić information content (AvgIpc) is 3.03. The summed E-state index contributed by atoms with van der Waals surface area (Å²) >= 11 is 0. The lowest BCUT2D eigenvalue weighted by molar-refractivity contribution is -0.117. The van der Waals surface area contributed by atoms with Crippen molar-refractivity contribution in [3.05, 3.63) is 23.8 Å². The fourth-order valence-electron chi connectivity index (χ4n) is 3.40. The van der Waals surface area contributed by atoms with Gasteiger partial charge in [-0.2, -0.15) is 0 Å². The molecule has 0 radical (unpaired) electrons. The number of hydrogen-bond donors (Lipinski definition) is 0. The molecule has 2 aliphatic heterocycles. The second kappa shape index (κ2) is 4.95. The molecule has 1 saturated heterocycles. The van der Waals surface area contributed by atoms with E-state index in [9.17, 15) is 9.59 Å². The van der Waals surface area contributed by atoms with Gasteiger partial charge in [0.25, 0.3) is 0 Å². The lowest BCUT2D eigenvalue weighted by Gasteiger charge is -2.30. The number of carbonyl (C=O) groups excluding carboxylic acids is 2. The number of ether oxygens (including phenoxy) is 2. The van der Waals surface area contributed by atoms with E-state index < -0.39 is 6.09 Å². The van der Waals surface area contributed by atoms with Crippen LogP contribution in [0.3, 0.4) is 0 Å². The first kappa shape index (κ1) is 13.7. The third-order valence-electron chi connectivity index (χ3n) is 4.27. The van der Waals surface area contributed by atoms with Crippen molar-refractivity contribution in [2.24, 2.45) is 0 Å². The largest absolute Gasteiger partial charge is 0.497 e. The third-order valence-corrected chi connectivity index (χ3v) is 4.27. The van der Waals surface area contributed by atoms with Crippen LogP contribution in [0.5, 0.6) is 5.75 Å². The summed E-state index contributed by atoms with van der Waals surface area (Å²) in [4.78, 5) is 27.3. The molecule has 2 atom stereocenters. The third kappa shape index (κ3) is 1.93. The van der Waals surface area contributed by atoms with Crippen molar-refractivity contribution in [2.45, 2.75) is 25.4 Å². The Balaban J connectivity index is 2.06. The van der Waals surface area contributed by atoms with Gasteiger partial charge in [-0.1, -0.05) is 0 Å². The van der Waals surface area contributed by atoms with Gasteiger partial charge in [-0.15, -0.1) is 0 Å². The second-order valence-electron chi connectivity index (χ2n) is 5.29. The molecule has 0 N–H and O–H groups in total. The Morgan fingerprint density at radius 1 is 1.29 bits per heavy atom. The number of carbonyl (C=O) groups is 2. The summed E-state index contributed by atoms with van der Waals surface area (Å²) in [5.74, 6) is 0.789. The fraction of sp³-hybridized carbons (Fsp3) is 0.467. The zero-order valence-corrected chi connectivity index (χ0v) is 12.3. The van der Waals surface area contributed by atoms with Gasteiger partial charge in [0.05, 0.1) is 14.2 Å². The molecule has 2 amide bonds. The maximum Gasteiger partial charge on any atom is 0.411 e. The van der Waals surface area contributed by atoms with Crippen molar-refractivity contribution in [1.29, 1.82) is 0 Å². The first-order valence-electron chi connectivity index (χ1n) is 6.90. The van der Waals surface area contributed by atoms with Crippen LogP contribution in [0.15, 0.2) is 18.2 Å². The van der Waals surface area contributed by atoms with Crippen LogP contribution >= 0.6 is 0 Å². The SMILES string of the molecule is COC(=O)N1CCC2c3cc(OC)ccc3N(C(C)=O)C21. The minimum atomic E-state index is -0.395. The van der Waals surface area contributed by atoms with Gasteiger partial charge in [0.15, 0.2) is 0 Å². The smallest absolute Gasteiger partial charge is 0.411 e. The molecule has 6 heteroatoms.